The first kappa shape index (κ1) is 20.8. The quantitative estimate of drug-likeness (QED) is 0.287. The van der Waals surface area contributed by atoms with Gasteiger partial charge in [-0.15, -0.1) is 0 Å². The van der Waals surface area contributed by atoms with Gasteiger partial charge >= 0.3 is 0 Å². The van der Waals surface area contributed by atoms with Crippen LogP contribution in [0.3, 0.4) is 0 Å². The topological polar surface area (TPSA) is 158 Å². The molecule has 0 unspecified atom stereocenters. The second kappa shape index (κ2) is 19.9. The lowest BCUT2D eigenvalue weighted by atomic mass is 10.6. The van der Waals surface area contributed by atoms with Crippen LogP contribution in [0.4, 0.5) is 0 Å². The lowest BCUT2D eigenvalue weighted by molar-refractivity contribution is -0.119. The molecular formula is C8H18N4O4S. The van der Waals surface area contributed by atoms with Gasteiger partial charge in [0.05, 0.1) is 12.3 Å². The van der Waals surface area contributed by atoms with Crippen molar-refractivity contribution in [3.8, 4) is 0 Å². The summed E-state index contributed by atoms with van der Waals surface area (Å²) in [5.74, 6) is 0.385. The summed E-state index contributed by atoms with van der Waals surface area (Å²) in [7, 11) is 0. The Bertz CT molecular complexity index is 216. The van der Waals surface area contributed by atoms with E-state index in [-0.39, 0.29) is 12.5 Å². The van der Waals surface area contributed by atoms with E-state index >= 15 is 0 Å². The van der Waals surface area contributed by atoms with Crippen LogP contribution in [0, 0.1) is 0 Å². The summed E-state index contributed by atoms with van der Waals surface area (Å²) >= 11 is 1.46. The van der Waals surface area contributed by atoms with Crippen LogP contribution >= 0.6 is 11.8 Å². The lowest BCUT2D eigenvalue weighted by Gasteiger charge is -1.91. The zero-order valence-corrected chi connectivity index (χ0v) is 10.2. The zero-order valence-electron chi connectivity index (χ0n) is 9.39. The van der Waals surface area contributed by atoms with Gasteiger partial charge < -0.3 is 27.3 Å². The lowest BCUT2D eigenvalue weighted by Crippen LogP contribution is -2.27. The van der Waals surface area contributed by atoms with E-state index in [4.69, 9.17) is 16.3 Å². The Kier molecular flexibility index (Phi) is 24.3. The molecule has 0 aromatic heterocycles. The molecule has 0 fully saturated rings. The van der Waals surface area contributed by atoms with Gasteiger partial charge in [-0.05, 0) is 0 Å². The number of hydrogen-bond donors (Lipinski definition) is 4. The molecule has 0 bridgehead atoms. The van der Waals surface area contributed by atoms with Crippen molar-refractivity contribution in [1.82, 2.24) is 5.32 Å². The van der Waals surface area contributed by atoms with E-state index in [1.54, 1.807) is 0 Å². The standard InChI is InChI=1S/C4H10N2OS.C3H6N2O2.CH2O/c5-1-2-8-3-4(6)7;4-3(7)1-5-2-6;1-2/h1-3,5H2,(H2,6,7);2H,1H2,(H2,4,7)(H,5,6);1H2. The number of carbonyl (C=O) groups excluding carboxylic acids is 4. The first-order valence-electron chi connectivity index (χ1n) is 4.34. The van der Waals surface area contributed by atoms with Crippen LogP contribution in [0.25, 0.3) is 0 Å². The minimum absolute atomic E-state index is 0.0799. The van der Waals surface area contributed by atoms with Crippen LogP contribution in [0.15, 0.2) is 0 Å². The number of hydrogen-bond acceptors (Lipinski definition) is 6. The predicted molar refractivity (Wildman–Crippen MR) is 66.0 cm³/mol. The van der Waals surface area contributed by atoms with Gasteiger partial charge in [0.1, 0.15) is 6.79 Å². The Labute approximate surface area is 104 Å². The van der Waals surface area contributed by atoms with E-state index in [0.29, 0.717) is 18.7 Å². The van der Waals surface area contributed by atoms with Crippen LogP contribution in [0.1, 0.15) is 0 Å². The molecule has 8 nitrogen and oxygen atoms in total. The second-order valence-corrected chi connectivity index (χ2v) is 3.38. The highest BCUT2D eigenvalue weighted by Crippen LogP contribution is 1.94. The second-order valence-electron chi connectivity index (χ2n) is 2.27. The van der Waals surface area contributed by atoms with Crippen LogP contribution in [0.5, 0.6) is 0 Å². The molecule has 0 aliphatic heterocycles. The molecule has 3 amide bonds. The van der Waals surface area contributed by atoms with Crippen molar-refractivity contribution in [3.63, 3.8) is 0 Å². The van der Waals surface area contributed by atoms with E-state index in [2.05, 4.69) is 11.1 Å². The number of nitrogens with one attached hydrogen (secondary N) is 1. The summed E-state index contributed by atoms with van der Waals surface area (Å²) in [5, 5.41) is 2.09. The number of nitrogens with two attached hydrogens (primary N) is 3. The molecule has 0 spiro atoms. The maximum Gasteiger partial charge on any atom is 0.236 e. The molecular weight excluding hydrogens is 248 g/mol. The van der Waals surface area contributed by atoms with Gasteiger partial charge in [-0.2, -0.15) is 11.8 Å². The van der Waals surface area contributed by atoms with Crippen LogP contribution in [0.2, 0.25) is 0 Å². The van der Waals surface area contributed by atoms with Gasteiger partial charge in [-0.1, -0.05) is 0 Å². The molecule has 0 saturated heterocycles. The van der Waals surface area contributed by atoms with E-state index in [1.165, 1.54) is 11.8 Å². The van der Waals surface area contributed by atoms with Gasteiger partial charge in [-0.3, -0.25) is 14.4 Å². The molecule has 0 aliphatic carbocycles. The maximum absolute atomic E-state index is 10.0. The van der Waals surface area contributed by atoms with Crippen molar-refractivity contribution < 1.29 is 19.2 Å². The Morgan fingerprint density at radius 1 is 1.24 bits per heavy atom. The van der Waals surface area contributed by atoms with E-state index in [9.17, 15) is 14.4 Å². The fourth-order valence-electron chi connectivity index (χ4n) is 0.398. The molecule has 0 aromatic rings. The number of carbonyl (C=O) groups is 4. The fourth-order valence-corrected chi connectivity index (χ4v) is 0.911. The first-order chi connectivity index (χ1) is 8.04. The van der Waals surface area contributed by atoms with Gasteiger partial charge in [0.15, 0.2) is 0 Å². The Morgan fingerprint density at radius 3 is 2.00 bits per heavy atom. The van der Waals surface area contributed by atoms with Crippen molar-refractivity contribution in [2.45, 2.75) is 0 Å². The molecule has 7 N–H and O–H groups in total. The van der Waals surface area contributed by atoms with Gasteiger partial charge in [0.2, 0.25) is 18.2 Å². The average Bonchev–Trinajstić information content (AvgIpc) is 2.30. The highest BCUT2D eigenvalue weighted by Gasteiger charge is 1.90. The summed E-state index contributed by atoms with van der Waals surface area (Å²) in [5.41, 5.74) is 14.6. The number of primary amides is 2. The highest BCUT2D eigenvalue weighted by atomic mass is 32.2. The van der Waals surface area contributed by atoms with Gasteiger partial charge in [0.25, 0.3) is 0 Å². The predicted octanol–water partition coefficient (Wildman–Crippen LogP) is -2.80. The van der Waals surface area contributed by atoms with E-state index in [1.807, 2.05) is 6.79 Å². The van der Waals surface area contributed by atoms with Gasteiger partial charge in [0, 0.05) is 12.3 Å². The maximum atomic E-state index is 10.0. The summed E-state index contributed by atoms with van der Waals surface area (Å²) in [4.78, 5) is 37.2. The highest BCUT2D eigenvalue weighted by molar-refractivity contribution is 7.99. The molecule has 0 radical (unpaired) electrons. The molecule has 17 heavy (non-hydrogen) atoms. The third-order valence-corrected chi connectivity index (χ3v) is 1.88. The summed E-state index contributed by atoms with van der Waals surface area (Å²) in [6.45, 7) is 2.53. The minimum atomic E-state index is -0.535. The summed E-state index contributed by atoms with van der Waals surface area (Å²) in [6.07, 6.45) is 0.421. The Morgan fingerprint density at radius 2 is 1.76 bits per heavy atom. The minimum Gasteiger partial charge on any atom is -0.369 e. The van der Waals surface area contributed by atoms with Crippen molar-refractivity contribution >= 4 is 36.8 Å². The molecule has 9 heteroatoms. The molecule has 100 valence electrons. The van der Waals surface area contributed by atoms with E-state index < -0.39 is 5.91 Å². The van der Waals surface area contributed by atoms with Crippen LogP contribution < -0.4 is 22.5 Å². The third-order valence-electron chi connectivity index (χ3n) is 0.866. The van der Waals surface area contributed by atoms with Crippen molar-refractivity contribution in [2.75, 3.05) is 24.6 Å². The Hall–Kier alpha value is -1.61. The third kappa shape index (κ3) is 40.4. The first-order valence-corrected chi connectivity index (χ1v) is 5.50. The monoisotopic (exact) mass is 266 g/mol. The molecule has 0 heterocycles. The number of thioether (sulfide) groups is 1. The zero-order chi connectivity index (χ0) is 14.1. The number of rotatable bonds is 7. The van der Waals surface area contributed by atoms with Crippen molar-refractivity contribution in [3.05, 3.63) is 0 Å². The van der Waals surface area contributed by atoms with Crippen LogP contribution in [-0.2, 0) is 19.2 Å². The largest absolute Gasteiger partial charge is 0.369 e. The SMILES string of the molecule is C=O.NC(=O)CNC=O.NCCSCC(N)=O. The number of amides is 3. The molecule has 0 atom stereocenters. The normalized spacial score (nSPS) is 7.59. The van der Waals surface area contributed by atoms with Crippen LogP contribution in [-0.4, -0.2) is 49.6 Å². The molecule has 0 aliphatic rings. The Balaban J connectivity index is -0.000000202. The van der Waals surface area contributed by atoms with E-state index in [0.717, 1.165) is 5.75 Å². The average molecular weight is 266 g/mol. The fraction of sp³-hybridized carbons (Fsp3) is 0.500. The summed E-state index contributed by atoms with van der Waals surface area (Å²) in [6, 6.07) is 0. The van der Waals surface area contributed by atoms with Crippen molar-refractivity contribution in [1.29, 1.82) is 0 Å². The van der Waals surface area contributed by atoms with Crippen molar-refractivity contribution in [2.24, 2.45) is 17.2 Å². The smallest absolute Gasteiger partial charge is 0.236 e. The van der Waals surface area contributed by atoms with Gasteiger partial charge in [-0.25, -0.2) is 0 Å². The molecule has 0 saturated carbocycles. The molecule has 0 rings (SSSR count). The molecule has 0 aromatic carbocycles. The summed E-state index contributed by atoms with van der Waals surface area (Å²) < 4.78 is 0.